The smallest absolute Gasteiger partial charge is 0.357 e. The van der Waals surface area contributed by atoms with E-state index in [1.54, 1.807) is 42.1 Å². The number of aliphatic hydroxyl groups is 1. The van der Waals surface area contributed by atoms with E-state index in [0.29, 0.717) is 62.7 Å². The van der Waals surface area contributed by atoms with Gasteiger partial charge in [0.25, 0.3) is 0 Å². The van der Waals surface area contributed by atoms with E-state index in [1.165, 1.54) is 0 Å². The number of hydrogen-bond acceptors (Lipinski definition) is 6. The summed E-state index contributed by atoms with van der Waals surface area (Å²) in [6, 6.07) is 11.0. The number of nitrogens with zero attached hydrogens (tertiary/aromatic N) is 3. The van der Waals surface area contributed by atoms with Crippen LogP contribution in [0.25, 0.3) is 22.2 Å². The van der Waals surface area contributed by atoms with E-state index >= 15 is 0 Å². The molecule has 8 nitrogen and oxygen atoms in total. The molecule has 2 fully saturated rings. The van der Waals surface area contributed by atoms with E-state index in [1.807, 2.05) is 18.2 Å². The van der Waals surface area contributed by atoms with Gasteiger partial charge in [-0.05, 0) is 73.9 Å². The highest BCUT2D eigenvalue weighted by atomic mass is 35.5. The fourth-order valence-corrected chi connectivity index (χ4v) is 7.40. The summed E-state index contributed by atoms with van der Waals surface area (Å²) in [6.45, 7) is 0.218. The normalized spacial score (nSPS) is 23.6. The quantitative estimate of drug-likeness (QED) is 0.201. The number of aromatic carboxylic acids is 1. The molecule has 222 valence electrons. The molecular formula is C32H28Cl3N3O5. The molecule has 0 bridgehead atoms. The first-order valence-electron chi connectivity index (χ1n) is 14.2. The number of carboxylic acid groups (broad SMARTS) is 1. The molecular weight excluding hydrogens is 613 g/mol. The van der Waals surface area contributed by atoms with Gasteiger partial charge in [-0.25, -0.2) is 4.79 Å². The van der Waals surface area contributed by atoms with Crippen LogP contribution in [-0.4, -0.2) is 36.7 Å². The monoisotopic (exact) mass is 639 g/mol. The van der Waals surface area contributed by atoms with Crippen molar-refractivity contribution in [2.24, 2.45) is 13.0 Å². The summed E-state index contributed by atoms with van der Waals surface area (Å²) in [4.78, 5) is 11.5. The van der Waals surface area contributed by atoms with Crippen molar-refractivity contribution in [1.29, 1.82) is 0 Å². The molecule has 1 atom stereocenters. The molecule has 2 N–H and O–H groups in total. The van der Waals surface area contributed by atoms with Gasteiger partial charge in [0, 0.05) is 34.9 Å². The molecule has 43 heavy (non-hydrogen) atoms. The molecule has 1 unspecified atom stereocenters. The van der Waals surface area contributed by atoms with Crippen LogP contribution in [0.3, 0.4) is 0 Å². The minimum absolute atomic E-state index is 0.0368. The van der Waals surface area contributed by atoms with E-state index in [4.69, 9.17) is 44.1 Å². The Kier molecular flexibility index (Phi) is 7.08. The zero-order chi connectivity index (χ0) is 30.0. The zero-order valence-corrected chi connectivity index (χ0v) is 25.5. The van der Waals surface area contributed by atoms with Gasteiger partial charge in [0.2, 0.25) is 0 Å². The number of halogens is 3. The standard InChI is InChI=1S/C32H28Cl3N3O5/c1-38-26-11-17(7-9-20(26)29(36-38)31(39)40)18-13-32(41,14-18)22-10-8-19(12-25(22)35)42-15-21-28(37-43-30(21)16-5-6-16)27-23(33)3-2-4-24(27)34/h2-4,7-9,11-12,16,18,22,41H,5-6,10,13-15H2,1H3,(H,39,40)/t18-,22?,32+. The highest BCUT2D eigenvalue weighted by Gasteiger charge is 2.50. The van der Waals surface area contributed by atoms with Crippen molar-refractivity contribution in [2.75, 3.05) is 0 Å². The Bertz CT molecular complexity index is 1810. The van der Waals surface area contributed by atoms with Gasteiger partial charge in [0.15, 0.2) is 5.69 Å². The Morgan fingerprint density at radius 1 is 1.14 bits per heavy atom. The summed E-state index contributed by atoms with van der Waals surface area (Å²) in [5.41, 5.74) is 2.92. The molecule has 0 aliphatic heterocycles. The van der Waals surface area contributed by atoms with Crippen molar-refractivity contribution in [3.63, 3.8) is 0 Å². The molecule has 2 saturated carbocycles. The molecule has 2 heterocycles. The number of hydrogen-bond donors (Lipinski definition) is 2. The highest BCUT2D eigenvalue weighted by Crippen LogP contribution is 2.53. The van der Waals surface area contributed by atoms with Gasteiger partial charge < -0.3 is 19.5 Å². The summed E-state index contributed by atoms with van der Waals surface area (Å²) in [5.74, 6) is 0.565. The molecule has 4 aromatic rings. The van der Waals surface area contributed by atoms with Gasteiger partial charge in [-0.3, -0.25) is 4.68 Å². The second-order valence-electron chi connectivity index (χ2n) is 11.7. The van der Waals surface area contributed by atoms with Gasteiger partial charge in [0.05, 0.1) is 26.7 Å². The molecule has 3 aliphatic carbocycles. The lowest BCUT2D eigenvalue weighted by Gasteiger charge is -2.49. The lowest BCUT2D eigenvalue weighted by molar-refractivity contribution is -0.0836. The summed E-state index contributed by atoms with van der Waals surface area (Å²) >= 11 is 19.7. The van der Waals surface area contributed by atoms with Crippen LogP contribution in [0.1, 0.15) is 71.3 Å². The van der Waals surface area contributed by atoms with Gasteiger partial charge >= 0.3 is 5.97 Å². The topological polar surface area (TPSA) is 111 Å². The second-order valence-corrected chi connectivity index (χ2v) is 13.0. The van der Waals surface area contributed by atoms with Crippen LogP contribution in [0.4, 0.5) is 0 Å². The number of benzene rings is 2. The van der Waals surface area contributed by atoms with Gasteiger partial charge in [0.1, 0.15) is 23.8 Å². The minimum Gasteiger partial charge on any atom is -0.489 e. The van der Waals surface area contributed by atoms with Crippen molar-refractivity contribution >= 4 is 51.7 Å². The fourth-order valence-electron chi connectivity index (χ4n) is 6.42. The number of carboxylic acids is 1. The Hall–Kier alpha value is -3.30. The number of fused-ring (bicyclic) bond motifs is 1. The van der Waals surface area contributed by atoms with Crippen LogP contribution in [-0.2, 0) is 18.4 Å². The summed E-state index contributed by atoms with van der Waals surface area (Å²) in [6.07, 6.45) is 7.45. The Balaban J connectivity index is 1.04. The molecule has 0 amide bonds. The number of ether oxygens (including phenoxy) is 1. The van der Waals surface area contributed by atoms with Gasteiger partial charge in [-0.1, -0.05) is 58.2 Å². The second kappa shape index (κ2) is 10.7. The largest absolute Gasteiger partial charge is 0.489 e. The third kappa shape index (κ3) is 5.04. The van der Waals surface area contributed by atoms with Crippen molar-refractivity contribution in [3.05, 3.63) is 92.0 Å². The lowest BCUT2D eigenvalue weighted by Crippen LogP contribution is -2.49. The van der Waals surface area contributed by atoms with Crippen molar-refractivity contribution in [3.8, 4) is 11.3 Å². The van der Waals surface area contributed by atoms with Gasteiger partial charge in [-0.15, -0.1) is 0 Å². The third-order valence-electron chi connectivity index (χ3n) is 8.92. The molecule has 11 heteroatoms. The average molecular weight is 641 g/mol. The average Bonchev–Trinajstić information content (AvgIpc) is 3.63. The SMILES string of the molecule is Cn1nc(C(=O)O)c2ccc([C@H]3C[C@](O)(C4CC=C(OCc5c(-c6c(Cl)cccc6Cl)noc5C5CC5)C=C4Cl)C3)cc21. The predicted molar refractivity (Wildman–Crippen MR) is 163 cm³/mol. The summed E-state index contributed by atoms with van der Waals surface area (Å²) in [7, 11) is 1.73. The van der Waals surface area contributed by atoms with Crippen LogP contribution in [0.2, 0.25) is 10.0 Å². The predicted octanol–water partition coefficient (Wildman–Crippen LogP) is 7.96. The number of aromatic nitrogens is 3. The number of rotatable bonds is 8. The van der Waals surface area contributed by atoms with E-state index in [2.05, 4.69) is 10.3 Å². The molecule has 2 aromatic carbocycles. The number of allylic oxidation sites excluding steroid dienone is 2. The Morgan fingerprint density at radius 3 is 2.56 bits per heavy atom. The fraction of sp³-hybridized carbons (Fsp3) is 0.344. The molecule has 0 spiro atoms. The Labute approximate surface area is 262 Å². The van der Waals surface area contributed by atoms with Crippen molar-refractivity contribution < 1.29 is 24.3 Å². The van der Waals surface area contributed by atoms with Gasteiger partial charge in [-0.2, -0.15) is 5.10 Å². The maximum Gasteiger partial charge on any atom is 0.357 e. The first kappa shape index (κ1) is 28.5. The zero-order valence-electron chi connectivity index (χ0n) is 23.2. The lowest BCUT2D eigenvalue weighted by atomic mass is 9.61. The van der Waals surface area contributed by atoms with Crippen LogP contribution in [0, 0.1) is 5.92 Å². The Morgan fingerprint density at radius 2 is 1.88 bits per heavy atom. The highest BCUT2D eigenvalue weighted by molar-refractivity contribution is 6.39. The molecule has 0 radical (unpaired) electrons. The number of aryl methyl sites for hydroxylation is 1. The van der Waals surface area contributed by atoms with Crippen LogP contribution in [0.5, 0.6) is 0 Å². The van der Waals surface area contributed by atoms with Crippen molar-refractivity contribution in [1.82, 2.24) is 14.9 Å². The first-order chi connectivity index (χ1) is 20.6. The van der Waals surface area contributed by atoms with E-state index in [0.717, 1.165) is 35.2 Å². The molecule has 2 aromatic heterocycles. The number of carbonyl (C=O) groups is 1. The van der Waals surface area contributed by atoms with E-state index in [-0.39, 0.29) is 24.1 Å². The van der Waals surface area contributed by atoms with Crippen LogP contribution in [0.15, 0.2) is 63.9 Å². The minimum atomic E-state index is -1.05. The van der Waals surface area contributed by atoms with Crippen LogP contribution >= 0.6 is 34.8 Å². The third-order valence-corrected chi connectivity index (χ3v) is 9.92. The maximum atomic E-state index is 11.5. The summed E-state index contributed by atoms with van der Waals surface area (Å²) in [5, 5.41) is 31.5. The maximum absolute atomic E-state index is 11.5. The van der Waals surface area contributed by atoms with Crippen LogP contribution < -0.4 is 0 Å². The molecule has 3 aliphatic rings. The molecule has 0 saturated heterocycles. The molecule has 7 rings (SSSR count). The van der Waals surface area contributed by atoms with E-state index in [9.17, 15) is 15.0 Å². The van der Waals surface area contributed by atoms with E-state index < -0.39 is 11.6 Å². The summed E-state index contributed by atoms with van der Waals surface area (Å²) < 4.78 is 13.5. The first-order valence-corrected chi connectivity index (χ1v) is 15.3. The van der Waals surface area contributed by atoms with Crippen molar-refractivity contribution in [2.45, 2.75) is 56.1 Å².